The number of likely N-dealkylation sites (N-methyl/N-ethyl adjacent to an activating group) is 1. The Labute approximate surface area is 204 Å². The molecule has 1 amide bonds. The zero-order valence-electron chi connectivity index (χ0n) is 20.6. The highest BCUT2D eigenvalue weighted by molar-refractivity contribution is 7.92. The van der Waals surface area contributed by atoms with Crippen molar-refractivity contribution in [3.63, 3.8) is 0 Å². The molecule has 0 fully saturated rings. The second-order valence-electron chi connectivity index (χ2n) is 8.09. The third kappa shape index (κ3) is 5.51. The zero-order valence-corrected chi connectivity index (χ0v) is 21.4. The third-order valence-electron chi connectivity index (χ3n) is 5.49. The number of aliphatic imine (C=N–C) groups is 1. The molecule has 0 radical (unpaired) electrons. The van der Waals surface area contributed by atoms with Crippen LogP contribution in [0.2, 0.25) is 0 Å². The number of amides is 1. The normalized spacial score (nSPS) is 12.0. The molecule has 35 heavy (non-hydrogen) atoms. The van der Waals surface area contributed by atoms with Gasteiger partial charge in [-0.05, 0) is 36.8 Å². The monoisotopic (exact) mass is 502 g/mol. The Kier molecular flexibility index (Phi) is 7.59. The minimum absolute atomic E-state index is 0.0297. The molecule has 0 saturated carbocycles. The molecule has 3 aromatic rings. The number of benzene rings is 2. The Morgan fingerprint density at radius 3 is 2.20 bits per heavy atom. The Bertz CT molecular complexity index is 1360. The first-order valence-electron chi connectivity index (χ1n) is 10.8. The van der Waals surface area contributed by atoms with Crippen molar-refractivity contribution in [3.8, 4) is 17.4 Å². The van der Waals surface area contributed by atoms with E-state index in [2.05, 4.69) is 4.98 Å². The van der Waals surface area contributed by atoms with Gasteiger partial charge < -0.3 is 24.5 Å². The quantitative estimate of drug-likeness (QED) is 0.433. The smallest absolute Gasteiger partial charge is 0.242 e. The van der Waals surface area contributed by atoms with Crippen LogP contribution in [-0.2, 0) is 14.8 Å². The van der Waals surface area contributed by atoms with E-state index in [0.717, 1.165) is 15.9 Å². The van der Waals surface area contributed by atoms with Crippen LogP contribution in [0.3, 0.4) is 0 Å². The Morgan fingerprint density at radius 1 is 1.09 bits per heavy atom. The predicted molar refractivity (Wildman–Crippen MR) is 137 cm³/mol. The number of nitrogens with one attached hydrogen (secondary N) is 1. The van der Waals surface area contributed by atoms with E-state index in [-0.39, 0.29) is 18.3 Å². The summed E-state index contributed by atoms with van der Waals surface area (Å²) >= 11 is 0. The number of nitrogens with zero attached hydrogens (tertiary/aromatic N) is 3. The number of H-pyrrole nitrogens is 1. The second-order valence-corrected chi connectivity index (χ2v) is 9.99. The van der Waals surface area contributed by atoms with Gasteiger partial charge in [0, 0.05) is 25.5 Å². The van der Waals surface area contributed by atoms with E-state index in [9.17, 15) is 18.3 Å². The van der Waals surface area contributed by atoms with E-state index in [1.54, 1.807) is 50.5 Å². The SMILES string of the molecule is CCC(=Nc1ccc(N(CC(=O)N(C)C)S(C)(=O)=O)cc1)c1c(O)[nH]c2cc(OC)c(OC)cc12. The van der Waals surface area contributed by atoms with E-state index in [1.807, 2.05) is 6.92 Å². The molecule has 0 atom stereocenters. The fraction of sp³-hybridized carbons (Fsp3) is 0.333. The number of carbonyl (C=O) groups excluding carboxylic acids is 1. The van der Waals surface area contributed by atoms with Crippen LogP contribution < -0.4 is 13.8 Å². The number of ether oxygens (including phenoxy) is 2. The summed E-state index contributed by atoms with van der Waals surface area (Å²) in [6, 6.07) is 10.0. The first-order chi connectivity index (χ1) is 16.5. The summed E-state index contributed by atoms with van der Waals surface area (Å²) in [5.74, 6) is 0.681. The summed E-state index contributed by atoms with van der Waals surface area (Å²) in [4.78, 5) is 21.1. The van der Waals surface area contributed by atoms with Crippen LogP contribution in [0.5, 0.6) is 17.4 Å². The predicted octanol–water partition coefficient (Wildman–Crippen LogP) is 3.28. The minimum atomic E-state index is -3.67. The van der Waals surface area contributed by atoms with Crippen LogP contribution in [0, 0.1) is 0 Å². The van der Waals surface area contributed by atoms with E-state index < -0.39 is 10.0 Å². The lowest BCUT2D eigenvalue weighted by atomic mass is 10.1. The van der Waals surface area contributed by atoms with E-state index in [0.29, 0.717) is 46.1 Å². The lowest BCUT2D eigenvalue weighted by Crippen LogP contribution is -2.39. The molecule has 188 valence electrons. The zero-order chi connectivity index (χ0) is 25.9. The van der Waals surface area contributed by atoms with Crippen LogP contribution in [0.25, 0.3) is 10.9 Å². The molecular formula is C24H30N4O6S. The standard InChI is InChI=1S/C24H30N4O6S/c1-7-18(23-17-12-20(33-4)21(34-5)13-19(17)26-24(23)30)25-15-8-10-16(11-9-15)28(35(6,31)32)14-22(29)27(2)3/h8-13,26,30H,7,14H2,1-6H3. The van der Waals surface area contributed by atoms with Crippen LogP contribution in [-0.4, -0.2) is 76.1 Å². The average Bonchev–Trinajstić information content (AvgIpc) is 3.13. The number of anilines is 1. The maximum Gasteiger partial charge on any atom is 0.242 e. The molecule has 1 aromatic heterocycles. The van der Waals surface area contributed by atoms with Gasteiger partial charge in [0.25, 0.3) is 0 Å². The molecule has 0 aliphatic heterocycles. The summed E-state index contributed by atoms with van der Waals surface area (Å²) in [5.41, 5.74) is 2.75. The third-order valence-corrected chi connectivity index (χ3v) is 6.63. The van der Waals surface area contributed by atoms with E-state index in [4.69, 9.17) is 14.5 Å². The van der Waals surface area contributed by atoms with Gasteiger partial charge in [-0.1, -0.05) is 6.92 Å². The van der Waals surface area contributed by atoms with Crippen molar-refractivity contribution >= 4 is 43.9 Å². The fourth-order valence-electron chi connectivity index (χ4n) is 3.62. The summed E-state index contributed by atoms with van der Waals surface area (Å²) in [7, 11) is 2.54. The average molecular weight is 503 g/mol. The van der Waals surface area contributed by atoms with Crippen LogP contribution in [0.15, 0.2) is 41.4 Å². The molecule has 2 N–H and O–H groups in total. The highest BCUT2D eigenvalue weighted by atomic mass is 32.2. The number of sulfonamides is 1. The molecule has 0 unspecified atom stereocenters. The molecular weight excluding hydrogens is 472 g/mol. The molecule has 11 heteroatoms. The number of hydrogen-bond acceptors (Lipinski definition) is 7. The van der Waals surface area contributed by atoms with Crippen LogP contribution in [0.4, 0.5) is 11.4 Å². The number of aromatic hydroxyl groups is 1. The molecule has 1 heterocycles. The maximum absolute atomic E-state index is 12.3. The largest absolute Gasteiger partial charge is 0.494 e. The van der Waals surface area contributed by atoms with Gasteiger partial charge in [-0.15, -0.1) is 0 Å². The summed E-state index contributed by atoms with van der Waals surface area (Å²) < 4.78 is 36.4. The lowest BCUT2D eigenvalue weighted by Gasteiger charge is -2.23. The van der Waals surface area contributed by atoms with Crippen molar-refractivity contribution in [1.82, 2.24) is 9.88 Å². The summed E-state index contributed by atoms with van der Waals surface area (Å²) in [6.45, 7) is 1.62. The van der Waals surface area contributed by atoms with Crippen molar-refractivity contribution in [2.45, 2.75) is 13.3 Å². The molecule has 0 aliphatic carbocycles. The van der Waals surface area contributed by atoms with Gasteiger partial charge in [0.05, 0.1) is 48.6 Å². The van der Waals surface area contributed by atoms with Crippen molar-refractivity contribution in [3.05, 3.63) is 42.0 Å². The summed E-state index contributed by atoms with van der Waals surface area (Å²) in [5, 5.41) is 11.4. The Balaban J connectivity index is 2.02. The van der Waals surface area contributed by atoms with Gasteiger partial charge in [-0.25, -0.2) is 8.42 Å². The van der Waals surface area contributed by atoms with Crippen LogP contribution >= 0.6 is 0 Å². The van der Waals surface area contributed by atoms with E-state index in [1.165, 1.54) is 19.1 Å². The van der Waals surface area contributed by atoms with Crippen molar-refractivity contribution < 1.29 is 27.8 Å². The summed E-state index contributed by atoms with van der Waals surface area (Å²) in [6.07, 6.45) is 1.57. The second kappa shape index (κ2) is 10.3. The molecule has 0 spiro atoms. The molecule has 10 nitrogen and oxygen atoms in total. The Morgan fingerprint density at radius 2 is 1.69 bits per heavy atom. The van der Waals surface area contributed by atoms with Gasteiger partial charge in [0.2, 0.25) is 15.9 Å². The molecule has 2 aromatic carbocycles. The number of rotatable bonds is 9. The number of carbonyl (C=O) groups is 1. The van der Waals surface area contributed by atoms with Gasteiger partial charge in [-0.2, -0.15) is 0 Å². The van der Waals surface area contributed by atoms with E-state index >= 15 is 0 Å². The molecule has 0 saturated heterocycles. The number of aromatic amines is 1. The minimum Gasteiger partial charge on any atom is -0.494 e. The van der Waals surface area contributed by atoms with Gasteiger partial charge in [0.15, 0.2) is 17.4 Å². The fourth-order valence-corrected chi connectivity index (χ4v) is 4.47. The lowest BCUT2D eigenvalue weighted by molar-refractivity contribution is -0.127. The van der Waals surface area contributed by atoms with Gasteiger partial charge >= 0.3 is 0 Å². The molecule has 0 bridgehead atoms. The first-order valence-corrected chi connectivity index (χ1v) is 12.7. The first kappa shape index (κ1) is 25.9. The maximum atomic E-state index is 12.3. The van der Waals surface area contributed by atoms with Crippen molar-refractivity contribution in [2.75, 3.05) is 45.4 Å². The van der Waals surface area contributed by atoms with Crippen molar-refractivity contribution in [2.24, 2.45) is 4.99 Å². The molecule has 3 rings (SSSR count). The van der Waals surface area contributed by atoms with Crippen LogP contribution in [0.1, 0.15) is 18.9 Å². The number of hydrogen-bond donors (Lipinski definition) is 2. The van der Waals surface area contributed by atoms with Gasteiger partial charge in [-0.3, -0.25) is 14.1 Å². The highest BCUT2D eigenvalue weighted by Crippen LogP contribution is 2.37. The highest BCUT2D eigenvalue weighted by Gasteiger charge is 2.22. The topological polar surface area (TPSA) is 125 Å². The Hall–Kier alpha value is -3.73. The number of aromatic nitrogens is 1. The number of fused-ring (bicyclic) bond motifs is 1. The molecule has 0 aliphatic rings. The van der Waals surface area contributed by atoms with Gasteiger partial charge in [0.1, 0.15) is 6.54 Å². The van der Waals surface area contributed by atoms with Crippen molar-refractivity contribution in [1.29, 1.82) is 0 Å². The number of methoxy groups -OCH3 is 2.